The van der Waals surface area contributed by atoms with Gasteiger partial charge < -0.3 is 19.5 Å². The van der Waals surface area contributed by atoms with Gasteiger partial charge in [0.1, 0.15) is 23.7 Å². The van der Waals surface area contributed by atoms with Gasteiger partial charge in [0.25, 0.3) is 0 Å². The van der Waals surface area contributed by atoms with E-state index in [0.717, 1.165) is 6.07 Å². The Bertz CT molecular complexity index is 726. The molecule has 0 fully saturated rings. The van der Waals surface area contributed by atoms with Crippen molar-refractivity contribution in [3.8, 4) is 11.6 Å². The molecule has 135 valence electrons. The van der Waals surface area contributed by atoms with Crippen molar-refractivity contribution in [1.29, 1.82) is 0 Å². The van der Waals surface area contributed by atoms with Crippen LogP contribution in [0.3, 0.4) is 0 Å². The summed E-state index contributed by atoms with van der Waals surface area (Å²) in [5.74, 6) is -1.35. The van der Waals surface area contributed by atoms with Gasteiger partial charge in [0.2, 0.25) is 11.8 Å². The molecule has 0 aliphatic rings. The Morgan fingerprint density at radius 2 is 2.00 bits per heavy atom. The number of hydrogen-bond acceptors (Lipinski definition) is 6. The van der Waals surface area contributed by atoms with E-state index >= 15 is 0 Å². The van der Waals surface area contributed by atoms with Crippen molar-refractivity contribution in [2.45, 2.75) is 6.18 Å². The second kappa shape index (κ2) is 7.97. The number of halogens is 4. The number of methoxy groups -OCH3 is 2. The second-order valence-corrected chi connectivity index (χ2v) is 4.64. The number of ether oxygens (including phenoxy) is 3. The van der Waals surface area contributed by atoms with Crippen molar-refractivity contribution < 1.29 is 31.8 Å². The molecule has 1 aromatic heterocycles. The first-order valence-electron chi connectivity index (χ1n) is 6.93. The minimum atomic E-state index is -4.69. The predicted octanol–water partition coefficient (Wildman–Crippen LogP) is 3.21. The van der Waals surface area contributed by atoms with Crippen LogP contribution in [-0.4, -0.2) is 37.4 Å². The molecule has 2 rings (SSSR count). The highest BCUT2D eigenvalue weighted by atomic mass is 19.4. The van der Waals surface area contributed by atoms with Gasteiger partial charge >= 0.3 is 6.18 Å². The highest BCUT2D eigenvalue weighted by Gasteiger charge is 2.36. The van der Waals surface area contributed by atoms with Gasteiger partial charge in [-0.15, -0.1) is 0 Å². The third-order valence-electron chi connectivity index (χ3n) is 2.93. The third kappa shape index (κ3) is 4.92. The van der Waals surface area contributed by atoms with E-state index in [1.54, 1.807) is 0 Å². The van der Waals surface area contributed by atoms with Crippen LogP contribution in [0, 0.1) is 11.9 Å². The maximum atomic E-state index is 13.3. The van der Waals surface area contributed by atoms with E-state index in [2.05, 4.69) is 21.4 Å². The SMILES string of the molecule is COCCOc1nc(Nc2cc(F)[c]cc2OC)ncc1C(F)(F)F. The Kier molecular flexibility index (Phi) is 5.97. The van der Waals surface area contributed by atoms with E-state index in [9.17, 15) is 17.6 Å². The molecule has 10 heteroatoms. The van der Waals surface area contributed by atoms with Crippen molar-refractivity contribution >= 4 is 11.6 Å². The summed E-state index contributed by atoms with van der Waals surface area (Å²) in [5, 5.41) is 2.59. The van der Waals surface area contributed by atoms with Gasteiger partial charge in [0, 0.05) is 25.4 Å². The van der Waals surface area contributed by atoms with Gasteiger partial charge in [-0.2, -0.15) is 18.2 Å². The van der Waals surface area contributed by atoms with Gasteiger partial charge in [0.05, 0.1) is 19.4 Å². The smallest absolute Gasteiger partial charge is 0.423 e. The van der Waals surface area contributed by atoms with Crippen LogP contribution in [0.4, 0.5) is 29.2 Å². The summed E-state index contributed by atoms with van der Waals surface area (Å²) in [6.07, 6.45) is -4.11. The Hall–Kier alpha value is -2.62. The quantitative estimate of drug-likeness (QED) is 0.604. The molecule has 0 atom stereocenters. The Morgan fingerprint density at radius 3 is 2.64 bits per heavy atom. The monoisotopic (exact) mass is 360 g/mol. The normalized spacial score (nSPS) is 11.3. The Labute approximate surface area is 140 Å². The van der Waals surface area contributed by atoms with Crippen LogP contribution in [0.25, 0.3) is 0 Å². The van der Waals surface area contributed by atoms with E-state index in [1.165, 1.54) is 20.3 Å². The summed E-state index contributed by atoms with van der Waals surface area (Å²) < 4.78 is 67.1. The lowest BCUT2D eigenvalue weighted by atomic mass is 10.3. The first-order valence-corrected chi connectivity index (χ1v) is 6.93. The van der Waals surface area contributed by atoms with E-state index in [4.69, 9.17) is 14.2 Å². The molecule has 2 aromatic rings. The van der Waals surface area contributed by atoms with Crippen LogP contribution in [0.2, 0.25) is 0 Å². The average Bonchev–Trinajstić information content (AvgIpc) is 2.54. The predicted molar refractivity (Wildman–Crippen MR) is 79.5 cm³/mol. The molecule has 1 heterocycles. The van der Waals surface area contributed by atoms with Gasteiger partial charge in [-0.3, -0.25) is 0 Å². The number of alkyl halides is 3. The summed E-state index contributed by atoms with van der Waals surface area (Å²) in [6, 6.07) is 4.57. The lowest BCUT2D eigenvalue weighted by molar-refractivity contribution is -0.139. The molecule has 1 N–H and O–H groups in total. The number of anilines is 2. The summed E-state index contributed by atoms with van der Waals surface area (Å²) in [6.45, 7) is -0.0497. The van der Waals surface area contributed by atoms with Crippen LogP contribution in [-0.2, 0) is 10.9 Å². The zero-order valence-corrected chi connectivity index (χ0v) is 13.3. The van der Waals surface area contributed by atoms with E-state index < -0.39 is 23.4 Å². The van der Waals surface area contributed by atoms with Crippen molar-refractivity contribution in [2.24, 2.45) is 0 Å². The van der Waals surface area contributed by atoms with E-state index in [1.807, 2.05) is 0 Å². The molecular formula is C15H14F4N3O3. The largest absolute Gasteiger partial charge is 0.495 e. The molecule has 0 bridgehead atoms. The number of benzene rings is 1. The summed E-state index contributed by atoms with van der Waals surface area (Å²) in [5.41, 5.74) is -1.00. The van der Waals surface area contributed by atoms with Crippen molar-refractivity contribution in [2.75, 3.05) is 32.8 Å². The highest BCUT2D eigenvalue weighted by Crippen LogP contribution is 2.36. The van der Waals surface area contributed by atoms with Crippen LogP contribution in [0.15, 0.2) is 18.3 Å². The van der Waals surface area contributed by atoms with Crippen molar-refractivity contribution in [3.05, 3.63) is 35.8 Å². The molecule has 0 unspecified atom stereocenters. The molecule has 0 aliphatic carbocycles. The van der Waals surface area contributed by atoms with Crippen LogP contribution >= 0.6 is 0 Å². The van der Waals surface area contributed by atoms with Gasteiger partial charge in [-0.1, -0.05) is 0 Å². The molecule has 1 aromatic carbocycles. The fraction of sp³-hybridized carbons (Fsp3) is 0.333. The van der Waals surface area contributed by atoms with Crippen LogP contribution in [0.5, 0.6) is 11.6 Å². The first-order chi connectivity index (χ1) is 11.8. The van der Waals surface area contributed by atoms with Gasteiger partial charge in [0.15, 0.2) is 0 Å². The molecule has 0 amide bonds. The Balaban J connectivity index is 2.33. The number of nitrogens with one attached hydrogen (secondary N) is 1. The molecule has 6 nitrogen and oxygen atoms in total. The molecule has 25 heavy (non-hydrogen) atoms. The standard InChI is InChI=1S/C15H14F4N3O3/c1-23-5-6-25-13-10(15(17,18)19)8-20-14(22-13)21-11-7-9(16)3-4-12(11)24-2/h4,7-8H,5-6H2,1-2H3,(H,20,21,22). The molecular weight excluding hydrogens is 346 g/mol. The van der Waals surface area contributed by atoms with Gasteiger partial charge in [-0.05, 0) is 6.07 Å². The fourth-order valence-electron chi connectivity index (χ4n) is 1.79. The van der Waals surface area contributed by atoms with E-state index in [0.29, 0.717) is 6.20 Å². The molecule has 1 radical (unpaired) electrons. The number of aromatic nitrogens is 2. The lowest BCUT2D eigenvalue weighted by Crippen LogP contribution is -2.14. The lowest BCUT2D eigenvalue weighted by Gasteiger charge is -2.14. The average molecular weight is 360 g/mol. The number of hydrogen-bond donors (Lipinski definition) is 1. The number of rotatable bonds is 7. The summed E-state index contributed by atoms with van der Waals surface area (Å²) in [7, 11) is 2.73. The molecule has 0 saturated carbocycles. The molecule has 0 saturated heterocycles. The van der Waals surface area contributed by atoms with E-state index in [-0.39, 0.29) is 30.6 Å². The maximum absolute atomic E-state index is 13.3. The summed E-state index contributed by atoms with van der Waals surface area (Å²) >= 11 is 0. The highest BCUT2D eigenvalue weighted by molar-refractivity contribution is 5.62. The third-order valence-corrected chi connectivity index (χ3v) is 2.93. The minimum absolute atomic E-state index is 0.0810. The summed E-state index contributed by atoms with van der Waals surface area (Å²) in [4.78, 5) is 7.30. The maximum Gasteiger partial charge on any atom is 0.423 e. The number of nitrogens with zero attached hydrogens (tertiary/aromatic N) is 2. The second-order valence-electron chi connectivity index (χ2n) is 4.64. The van der Waals surface area contributed by atoms with Gasteiger partial charge in [-0.25, -0.2) is 9.37 Å². The Morgan fingerprint density at radius 1 is 1.24 bits per heavy atom. The topological polar surface area (TPSA) is 65.5 Å². The first kappa shape index (κ1) is 18.7. The fourth-order valence-corrected chi connectivity index (χ4v) is 1.79. The molecule has 0 spiro atoms. The van der Waals surface area contributed by atoms with Crippen LogP contribution < -0.4 is 14.8 Å². The minimum Gasteiger partial charge on any atom is -0.495 e. The zero-order chi connectivity index (χ0) is 18.4. The molecule has 0 aliphatic heterocycles. The van der Waals surface area contributed by atoms with Crippen LogP contribution in [0.1, 0.15) is 5.56 Å². The van der Waals surface area contributed by atoms with Crippen molar-refractivity contribution in [1.82, 2.24) is 9.97 Å². The zero-order valence-electron chi connectivity index (χ0n) is 13.3. The van der Waals surface area contributed by atoms with Crippen molar-refractivity contribution in [3.63, 3.8) is 0 Å².